The highest BCUT2D eigenvalue weighted by Gasteiger charge is 2.23. The van der Waals surface area contributed by atoms with Crippen molar-refractivity contribution in [3.8, 4) is 5.75 Å². The maximum atomic E-state index is 12.4. The number of urea groups is 1. The Labute approximate surface area is 190 Å². The molecular formula is C25H34N4O3. The molecule has 172 valence electrons. The van der Waals surface area contributed by atoms with Crippen LogP contribution in [0.5, 0.6) is 5.75 Å². The zero-order chi connectivity index (χ0) is 22.9. The molecular weight excluding hydrogens is 404 g/mol. The number of nitrogens with two attached hydrogens (primary N) is 1. The van der Waals surface area contributed by atoms with Crippen molar-refractivity contribution in [2.45, 2.75) is 45.8 Å². The average Bonchev–Trinajstić information content (AvgIpc) is 2.79. The highest BCUT2D eigenvalue weighted by atomic mass is 16.5. The van der Waals surface area contributed by atoms with Crippen LogP contribution in [-0.4, -0.2) is 36.5 Å². The van der Waals surface area contributed by atoms with E-state index in [4.69, 9.17) is 10.5 Å². The fourth-order valence-electron chi connectivity index (χ4n) is 4.06. The van der Waals surface area contributed by atoms with Gasteiger partial charge in [0.25, 0.3) is 0 Å². The molecule has 7 heteroatoms. The summed E-state index contributed by atoms with van der Waals surface area (Å²) in [5.41, 5.74) is 8.70. The van der Waals surface area contributed by atoms with Crippen LogP contribution in [0.4, 0.5) is 4.79 Å². The Kier molecular flexibility index (Phi) is 8.50. The number of likely N-dealkylation sites (tertiary alicyclic amines) is 1. The first-order valence-electron chi connectivity index (χ1n) is 11.3. The summed E-state index contributed by atoms with van der Waals surface area (Å²) < 4.78 is 5.46. The summed E-state index contributed by atoms with van der Waals surface area (Å²) in [6.07, 6.45) is 1.86. The number of nitrogens with zero attached hydrogens (tertiary/aromatic N) is 1. The number of carbonyl (C=O) groups is 2. The second-order valence-corrected chi connectivity index (χ2v) is 8.35. The standard InChI is InChI=1S/C25H34N4O3/c1-3-32-23-11-9-21(10-12-23)18(2)28-25(31)27-15-19-6-4-7-20(14-19)16-29-13-5-8-22(17-29)24(26)30/h4,6-7,9-12,14,18,22H,3,5,8,13,15-17H2,1-2H3,(H2,26,30)(H2,27,28,31). The Morgan fingerprint density at radius 3 is 2.66 bits per heavy atom. The van der Waals surface area contributed by atoms with Gasteiger partial charge >= 0.3 is 6.03 Å². The first kappa shape index (κ1) is 23.6. The van der Waals surface area contributed by atoms with Crippen molar-refractivity contribution in [2.24, 2.45) is 11.7 Å². The van der Waals surface area contributed by atoms with E-state index in [2.05, 4.69) is 27.7 Å². The predicted molar refractivity (Wildman–Crippen MR) is 125 cm³/mol. The molecule has 1 fully saturated rings. The summed E-state index contributed by atoms with van der Waals surface area (Å²) >= 11 is 0. The third-order valence-corrected chi connectivity index (χ3v) is 5.80. The smallest absolute Gasteiger partial charge is 0.315 e. The Balaban J connectivity index is 1.48. The molecule has 0 bridgehead atoms. The summed E-state index contributed by atoms with van der Waals surface area (Å²) in [7, 11) is 0. The molecule has 2 unspecified atom stereocenters. The van der Waals surface area contributed by atoms with E-state index >= 15 is 0 Å². The van der Waals surface area contributed by atoms with Gasteiger partial charge in [-0.15, -0.1) is 0 Å². The lowest BCUT2D eigenvalue weighted by Gasteiger charge is -2.31. The summed E-state index contributed by atoms with van der Waals surface area (Å²) in [4.78, 5) is 26.2. The van der Waals surface area contributed by atoms with Gasteiger partial charge in [0, 0.05) is 19.6 Å². The van der Waals surface area contributed by atoms with Gasteiger partial charge in [0.1, 0.15) is 5.75 Å². The molecule has 0 aliphatic carbocycles. The molecule has 1 saturated heterocycles. The molecule has 0 radical (unpaired) electrons. The van der Waals surface area contributed by atoms with Crippen LogP contribution in [-0.2, 0) is 17.9 Å². The first-order chi connectivity index (χ1) is 15.4. The van der Waals surface area contributed by atoms with E-state index in [1.807, 2.05) is 50.2 Å². The highest BCUT2D eigenvalue weighted by molar-refractivity contribution is 5.77. The summed E-state index contributed by atoms with van der Waals surface area (Å²) in [5.74, 6) is 0.551. The van der Waals surface area contributed by atoms with Crippen molar-refractivity contribution in [3.05, 3.63) is 65.2 Å². The van der Waals surface area contributed by atoms with Crippen LogP contribution in [0.3, 0.4) is 0 Å². The van der Waals surface area contributed by atoms with E-state index in [0.717, 1.165) is 48.4 Å². The van der Waals surface area contributed by atoms with Gasteiger partial charge in [0.2, 0.25) is 5.91 Å². The molecule has 1 aliphatic rings. The molecule has 0 aromatic heterocycles. The first-order valence-corrected chi connectivity index (χ1v) is 11.3. The molecule has 1 heterocycles. The van der Waals surface area contributed by atoms with E-state index in [-0.39, 0.29) is 23.9 Å². The molecule has 7 nitrogen and oxygen atoms in total. The fraction of sp³-hybridized carbons (Fsp3) is 0.440. The number of hydrogen-bond acceptors (Lipinski definition) is 4. The van der Waals surface area contributed by atoms with Crippen LogP contribution in [0.2, 0.25) is 0 Å². The van der Waals surface area contributed by atoms with Crippen molar-refractivity contribution in [1.82, 2.24) is 15.5 Å². The van der Waals surface area contributed by atoms with E-state index in [0.29, 0.717) is 19.7 Å². The van der Waals surface area contributed by atoms with E-state index in [1.165, 1.54) is 0 Å². The summed E-state index contributed by atoms with van der Waals surface area (Å²) in [6.45, 7) is 7.43. The molecule has 32 heavy (non-hydrogen) atoms. The van der Waals surface area contributed by atoms with E-state index in [1.54, 1.807) is 0 Å². The number of hydrogen-bond donors (Lipinski definition) is 3. The number of benzene rings is 2. The third kappa shape index (κ3) is 6.99. The lowest BCUT2D eigenvalue weighted by atomic mass is 9.97. The second-order valence-electron chi connectivity index (χ2n) is 8.35. The highest BCUT2D eigenvalue weighted by Crippen LogP contribution is 2.19. The van der Waals surface area contributed by atoms with Gasteiger partial charge < -0.3 is 21.1 Å². The monoisotopic (exact) mass is 438 g/mol. The summed E-state index contributed by atoms with van der Waals surface area (Å²) in [6, 6.07) is 15.6. The maximum Gasteiger partial charge on any atom is 0.315 e. The molecule has 2 aromatic carbocycles. The zero-order valence-electron chi connectivity index (χ0n) is 19.0. The Hall–Kier alpha value is -3.06. The number of ether oxygens (including phenoxy) is 1. The fourth-order valence-corrected chi connectivity index (χ4v) is 4.06. The molecule has 2 aromatic rings. The molecule has 3 amide bonds. The van der Waals surface area contributed by atoms with Gasteiger partial charge in [-0.3, -0.25) is 9.69 Å². The number of primary amides is 1. The minimum atomic E-state index is -0.211. The van der Waals surface area contributed by atoms with Gasteiger partial charge in [-0.25, -0.2) is 4.79 Å². The van der Waals surface area contributed by atoms with E-state index in [9.17, 15) is 9.59 Å². The lowest BCUT2D eigenvalue weighted by Crippen LogP contribution is -2.40. The van der Waals surface area contributed by atoms with Crippen LogP contribution in [0, 0.1) is 5.92 Å². The lowest BCUT2D eigenvalue weighted by molar-refractivity contribution is -0.123. The molecule has 2 atom stereocenters. The zero-order valence-corrected chi connectivity index (χ0v) is 19.0. The maximum absolute atomic E-state index is 12.4. The topological polar surface area (TPSA) is 96.7 Å². The van der Waals surface area contributed by atoms with Gasteiger partial charge in [-0.05, 0) is 62.1 Å². The number of amides is 3. The van der Waals surface area contributed by atoms with Crippen molar-refractivity contribution >= 4 is 11.9 Å². The van der Waals surface area contributed by atoms with Crippen molar-refractivity contribution in [1.29, 1.82) is 0 Å². The quantitative estimate of drug-likeness (QED) is 0.559. The predicted octanol–water partition coefficient (Wildman–Crippen LogP) is 3.34. The van der Waals surface area contributed by atoms with Crippen molar-refractivity contribution < 1.29 is 14.3 Å². The van der Waals surface area contributed by atoms with Crippen LogP contribution in [0.15, 0.2) is 48.5 Å². The average molecular weight is 439 g/mol. The number of carbonyl (C=O) groups excluding carboxylic acids is 2. The van der Waals surface area contributed by atoms with Gasteiger partial charge in [0.15, 0.2) is 0 Å². The van der Waals surface area contributed by atoms with Crippen molar-refractivity contribution in [2.75, 3.05) is 19.7 Å². The SMILES string of the molecule is CCOc1ccc(C(C)NC(=O)NCc2cccc(CN3CCCC(C(N)=O)C3)c2)cc1. The number of nitrogens with one attached hydrogen (secondary N) is 2. The number of piperidine rings is 1. The number of rotatable bonds is 9. The van der Waals surface area contributed by atoms with Crippen molar-refractivity contribution in [3.63, 3.8) is 0 Å². The minimum absolute atomic E-state index is 0.0605. The minimum Gasteiger partial charge on any atom is -0.494 e. The van der Waals surface area contributed by atoms with Crippen LogP contribution in [0.1, 0.15) is 49.4 Å². The van der Waals surface area contributed by atoms with Gasteiger partial charge in [0.05, 0.1) is 18.6 Å². The molecule has 3 rings (SSSR count). The van der Waals surface area contributed by atoms with Gasteiger partial charge in [-0.1, -0.05) is 36.4 Å². The molecule has 1 aliphatic heterocycles. The molecule has 0 saturated carbocycles. The second kappa shape index (κ2) is 11.5. The molecule has 4 N–H and O–H groups in total. The summed E-state index contributed by atoms with van der Waals surface area (Å²) in [5, 5.41) is 5.91. The Bertz CT molecular complexity index is 900. The Morgan fingerprint density at radius 1 is 1.19 bits per heavy atom. The Morgan fingerprint density at radius 2 is 1.94 bits per heavy atom. The van der Waals surface area contributed by atoms with Crippen LogP contribution < -0.4 is 21.1 Å². The largest absolute Gasteiger partial charge is 0.494 e. The van der Waals surface area contributed by atoms with Crippen LogP contribution >= 0.6 is 0 Å². The van der Waals surface area contributed by atoms with Gasteiger partial charge in [-0.2, -0.15) is 0 Å². The normalized spacial score (nSPS) is 17.4. The van der Waals surface area contributed by atoms with Crippen LogP contribution in [0.25, 0.3) is 0 Å². The van der Waals surface area contributed by atoms with E-state index < -0.39 is 0 Å². The molecule has 0 spiro atoms. The third-order valence-electron chi connectivity index (χ3n) is 5.80.